The highest BCUT2D eigenvalue weighted by atomic mass is 127. The second kappa shape index (κ2) is 13.2. The monoisotopic (exact) mass is 440 g/mol. The number of nitrogens with zero attached hydrogens (tertiary/aromatic N) is 2. The van der Waals surface area contributed by atoms with Gasteiger partial charge in [-0.2, -0.15) is 0 Å². The highest BCUT2D eigenvalue weighted by Gasteiger charge is 2.29. The lowest BCUT2D eigenvalue weighted by atomic mass is 10.2. The van der Waals surface area contributed by atoms with Crippen LogP contribution in [0.4, 0.5) is 0 Å². The van der Waals surface area contributed by atoms with Crippen LogP contribution in [0.15, 0.2) is 4.99 Å². The molecule has 1 fully saturated rings. The molecule has 0 unspecified atom stereocenters. The van der Waals surface area contributed by atoms with E-state index in [0.717, 1.165) is 51.3 Å². The maximum absolute atomic E-state index is 5.58. The third-order valence-corrected chi connectivity index (χ3v) is 3.77. The molecule has 1 aliphatic rings. The Balaban J connectivity index is 0.00000484. The topological polar surface area (TPSA) is 48.9 Å². The van der Waals surface area contributed by atoms with Crippen LogP contribution in [0.1, 0.15) is 47.0 Å². The molecular weight excluding hydrogens is 403 g/mol. The summed E-state index contributed by atoms with van der Waals surface area (Å²) in [5.74, 6) is 1.50. The molecule has 138 valence electrons. The van der Waals surface area contributed by atoms with E-state index in [1.807, 2.05) is 7.05 Å². The van der Waals surface area contributed by atoms with E-state index < -0.39 is 0 Å². The molecule has 0 aliphatic heterocycles. The summed E-state index contributed by atoms with van der Waals surface area (Å²) in [4.78, 5) is 6.85. The number of hydrogen-bond donors (Lipinski definition) is 2. The van der Waals surface area contributed by atoms with E-state index in [-0.39, 0.29) is 24.0 Å². The first-order valence-corrected chi connectivity index (χ1v) is 8.82. The van der Waals surface area contributed by atoms with Crippen LogP contribution >= 0.6 is 24.0 Å². The van der Waals surface area contributed by atoms with Crippen molar-refractivity contribution in [3.63, 3.8) is 0 Å². The lowest BCUT2D eigenvalue weighted by Crippen LogP contribution is -2.44. The summed E-state index contributed by atoms with van der Waals surface area (Å²) in [5.41, 5.74) is 0. The quantitative estimate of drug-likeness (QED) is 0.225. The van der Waals surface area contributed by atoms with E-state index in [0.29, 0.717) is 12.0 Å². The Morgan fingerprint density at radius 3 is 2.35 bits per heavy atom. The summed E-state index contributed by atoms with van der Waals surface area (Å²) < 4.78 is 5.58. The Morgan fingerprint density at radius 2 is 1.83 bits per heavy atom. The number of aliphatic imine (C=N–C) groups is 1. The van der Waals surface area contributed by atoms with Gasteiger partial charge in [0.2, 0.25) is 0 Å². The van der Waals surface area contributed by atoms with Crippen LogP contribution in [0.5, 0.6) is 0 Å². The molecule has 0 atom stereocenters. The normalized spacial score (nSPS) is 15.2. The minimum absolute atomic E-state index is 0. The SMILES string of the molecule is CN=C(NCCCOCC(C)C)NCCN(C(C)C)C1CC1.I. The third-order valence-electron chi connectivity index (χ3n) is 3.77. The molecule has 2 N–H and O–H groups in total. The summed E-state index contributed by atoms with van der Waals surface area (Å²) in [6, 6.07) is 1.44. The molecule has 0 spiro atoms. The molecule has 1 rings (SSSR count). The third kappa shape index (κ3) is 11.2. The number of halogens is 1. The van der Waals surface area contributed by atoms with Gasteiger partial charge in [0.05, 0.1) is 0 Å². The van der Waals surface area contributed by atoms with E-state index in [1.54, 1.807) is 0 Å². The molecule has 5 nitrogen and oxygen atoms in total. The second-order valence-electron chi connectivity index (χ2n) is 6.81. The number of guanidine groups is 1. The average molecular weight is 440 g/mol. The van der Waals surface area contributed by atoms with E-state index in [2.05, 4.69) is 48.2 Å². The Hall–Kier alpha value is -0.0800. The first-order chi connectivity index (χ1) is 10.5. The van der Waals surface area contributed by atoms with Gasteiger partial charge in [0.15, 0.2) is 5.96 Å². The Bertz CT molecular complexity index is 318. The standard InChI is InChI=1S/C17H36N4O.HI/c1-14(2)13-22-12-6-9-19-17(18-5)20-10-11-21(15(3)4)16-7-8-16;/h14-16H,6-13H2,1-5H3,(H2,18,19,20);1H. The molecule has 0 saturated heterocycles. The highest BCUT2D eigenvalue weighted by Crippen LogP contribution is 2.27. The summed E-state index contributed by atoms with van der Waals surface area (Å²) >= 11 is 0. The summed E-state index contributed by atoms with van der Waals surface area (Å²) in [7, 11) is 1.83. The van der Waals surface area contributed by atoms with Gasteiger partial charge < -0.3 is 15.4 Å². The van der Waals surface area contributed by atoms with Crippen molar-refractivity contribution in [3.8, 4) is 0 Å². The van der Waals surface area contributed by atoms with Gasteiger partial charge >= 0.3 is 0 Å². The minimum atomic E-state index is 0. The number of rotatable bonds is 11. The maximum Gasteiger partial charge on any atom is 0.191 e. The van der Waals surface area contributed by atoms with Gasteiger partial charge in [-0.05, 0) is 39.0 Å². The zero-order valence-electron chi connectivity index (χ0n) is 15.6. The summed E-state index contributed by atoms with van der Waals surface area (Å²) in [6.07, 6.45) is 3.73. The zero-order chi connectivity index (χ0) is 16.4. The van der Waals surface area contributed by atoms with Gasteiger partial charge in [-0.15, -0.1) is 24.0 Å². The molecule has 0 aromatic carbocycles. The van der Waals surface area contributed by atoms with Crippen molar-refractivity contribution < 1.29 is 4.74 Å². The van der Waals surface area contributed by atoms with Crippen LogP contribution in [-0.2, 0) is 4.74 Å². The van der Waals surface area contributed by atoms with Crippen LogP contribution in [0.25, 0.3) is 0 Å². The predicted octanol–water partition coefficient (Wildman–Crippen LogP) is 2.70. The molecule has 1 saturated carbocycles. The first-order valence-electron chi connectivity index (χ1n) is 8.82. The largest absolute Gasteiger partial charge is 0.381 e. The van der Waals surface area contributed by atoms with E-state index in [1.165, 1.54) is 12.8 Å². The Labute approximate surface area is 160 Å². The van der Waals surface area contributed by atoms with Gasteiger partial charge in [0.25, 0.3) is 0 Å². The van der Waals surface area contributed by atoms with Crippen molar-refractivity contribution >= 4 is 29.9 Å². The molecule has 1 aliphatic carbocycles. The summed E-state index contributed by atoms with van der Waals surface area (Å²) in [6.45, 7) is 13.5. The van der Waals surface area contributed by atoms with Gasteiger partial charge in [0.1, 0.15) is 0 Å². The van der Waals surface area contributed by atoms with E-state index in [4.69, 9.17) is 4.74 Å². The number of nitrogens with one attached hydrogen (secondary N) is 2. The average Bonchev–Trinajstić information content (AvgIpc) is 3.28. The molecule has 0 radical (unpaired) electrons. The Morgan fingerprint density at radius 1 is 1.17 bits per heavy atom. The molecule has 0 heterocycles. The fourth-order valence-corrected chi connectivity index (χ4v) is 2.49. The fraction of sp³-hybridized carbons (Fsp3) is 0.941. The second-order valence-corrected chi connectivity index (χ2v) is 6.81. The van der Waals surface area contributed by atoms with Crippen LogP contribution in [0, 0.1) is 5.92 Å². The highest BCUT2D eigenvalue weighted by molar-refractivity contribution is 14.0. The van der Waals surface area contributed by atoms with Crippen molar-refractivity contribution in [2.45, 2.75) is 59.0 Å². The van der Waals surface area contributed by atoms with Gasteiger partial charge in [-0.3, -0.25) is 9.89 Å². The van der Waals surface area contributed by atoms with Crippen LogP contribution in [0.3, 0.4) is 0 Å². The van der Waals surface area contributed by atoms with Crippen molar-refractivity contribution in [2.24, 2.45) is 10.9 Å². The molecule has 0 bridgehead atoms. The lowest BCUT2D eigenvalue weighted by Gasteiger charge is -2.26. The molecule has 0 aromatic rings. The lowest BCUT2D eigenvalue weighted by molar-refractivity contribution is 0.108. The molecule has 0 amide bonds. The fourth-order valence-electron chi connectivity index (χ4n) is 2.49. The van der Waals surface area contributed by atoms with Crippen LogP contribution in [0.2, 0.25) is 0 Å². The van der Waals surface area contributed by atoms with E-state index >= 15 is 0 Å². The molecule has 0 aromatic heterocycles. The number of hydrogen-bond acceptors (Lipinski definition) is 3. The predicted molar refractivity (Wildman–Crippen MR) is 110 cm³/mol. The van der Waals surface area contributed by atoms with Crippen molar-refractivity contribution in [3.05, 3.63) is 0 Å². The molecular formula is C17H37IN4O. The smallest absolute Gasteiger partial charge is 0.191 e. The minimum Gasteiger partial charge on any atom is -0.381 e. The van der Waals surface area contributed by atoms with Crippen molar-refractivity contribution in [1.29, 1.82) is 0 Å². The number of ether oxygens (including phenoxy) is 1. The van der Waals surface area contributed by atoms with Crippen LogP contribution < -0.4 is 10.6 Å². The van der Waals surface area contributed by atoms with Crippen molar-refractivity contribution in [1.82, 2.24) is 15.5 Å². The van der Waals surface area contributed by atoms with Gasteiger partial charge in [-0.1, -0.05) is 13.8 Å². The zero-order valence-corrected chi connectivity index (χ0v) is 17.9. The van der Waals surface area contributed by atoms with Crippen molar-refractivity contribution in [2.75, 3.05) is 39.9 Å². The summed E-state index contributed by atoms with van der Waals surface area (Å²) in [5, 5.41) is 6.75. The Kier molecular flexibility index (Phi) is 13.2. The van der Waals surface area contributed by atoms with E-state index in [9.17, 15) is 0 Å². The maximum atomic E-state index is 5.58. The first kappa shape index (κ1) is 22.9. The van der Waals surface area contributed by atoms with Crippen LogP contribution in [-0.4, -0.2) is 62.8 Å². The van der Waals surface area contributed by atoms with Gasteiger partial charge in [0, 0.05) is 52.0 Å². The molecule has 6 heteroatoms. The van der Waals surface area contributed by atoms with Gasteiger partial charge in [-0.25, -0.2) is 0 Å². The molecule has 23 heavy (non-hydrogen) atoms.